The summed E-state index contributed by atoms with van der Waals surface area (Å²) < 4.78 is 5.40. The minimum atomic E-state index is -0.269. The van der Waals surface area contributed by atoms with E-state index in [1.807, 2.05) is 11.3 Å². The van der Waals surface area contributed by atoms with Crippen LogP contribution in [0.1, 0.15) is 129 Å². The molecule has 4 aliphatic rings. The molecule has 0 unspecified atom stereocenters. The van der Waals surface area contributed by atoms with Gasteiger partial charge in [-0.25, -0.2) is 0 Å². The van der Waals surface area contributed by atoms with E-state index in [-0.39, 0.29) is 33.9 Å². The van der Waals surface area contributed by atoms with E-state index in [4.69, 9.17) is 0 Å². The summed E-state index contributed by atoms with van der Waals surface area (Å²) in [7, 11) is 0. The molecular weight excluding hydrogens is 864 g/mol. The van der Waals surface area contributed by atoms with Crippen LogP contribution in [0.4, 0.5) is 11.4 Å². The van der Waals surface area contributed by atoms with Crippen molar-refractivity contribution >= 4 is 82.5 Å². The molecule has 0 spiro atoms. The molecule has 14 rings (SSSR count). The standard InChI is InChI=1S/C66H61BN2S/c1-62(2,3)36-22-26-39(27-23-36)69-52-33-43-40-28-24-38(64(7,8)9)31-48(40)65(10,11)49(43)32-46(52)58-59-56(42-19-14-16-20-47(42)66(59,12)13)57-45-30-37(63(4,5)6)25-29-51(45)68-53-34-44-41-18-15-17-21-54(41)70-55(44)35-50(53)67(69)60(58)61(57)68/h14-35H,1-13H3. The van der Waals surface area contributed by atoms with Crippen LogP contribution in [0.15, 0.2) is 133 Å². The SMILES string of the molecule is CC(C)(C)c1ccc(N2B3c4cc5sc6ccccc6c5cc4-n4c5ccc(C(C)(C)C)cc5c5c6c(c(c3c54)-c3cc4c(cc32)-c2ccc(C(C)(C)C)cc2C4(C)C)C(C)(C)c2ccccc2-6)cc1. The van der Waals surface area contributed by atoms with Crippen LogP contribution in [0.5, 0.6) is 0 Å². The summed E-state index contributed by atoms with van der Waals surface area (Å²) in [6, 6.07) is 53.3. The number of thiophene rings is 1. The molecule has 2 aliphatic heterocycles. The Morgan fingerprint density at radius 3 is 1.87 bits per heavy atom. The van der Waals surface area contributed by atoms with Gasteiger partial charge in [-0.2, -0.15) is 0 Å². The third kappa shape index (κ3) is 5.36. The fourth-order valence-corrected chi connectivity index (χ4v) is 14.8. The van der Waals surface area contributed by atoms with Crippen molar-refractivity contribution in [3.8, 4) is 39.1 Å². The number of rotatable bonds is 1. The third-order valence-corrected chi connectivity index (χ3v) is 18.5. The molecule has 0 saturated carbocycles. The number of hydrogen-bond donors (Lipinski definition) is 0. The lowest BCUT2D eigenvalue weighted by molar-refractivity contribution is 0.584. The minimum absolute atomic E-state index is 0.0209. The number of fused-ring (bicyclic) bond motifs is 19. The van der Waals surface area contributed by atoms with E-state index in [0.29, 0.717) is 0 Å². The molecule has 2 nitrogen and oxygen atoms in total. The van der Waals surface area contributed by atoms with E-state index in [1.165, 1.54) is 142 Å². The predicted molar refractivity (Wildman–Crippen MR) is 304 cm³/mol. The van der Waals surface area contributed by atoms with Crippen LogP contribution in [-0.4, -0.2) is 11.4 Å². The summed E-state index contributed by atoms with van der Waals surface area (Å²) in [5, 5.41) is 5.41. The van der Waals surface area contributed by atoms with Gasteiger partial charge in [-0.3, -0.25) is 0 Å². The van der Waals surface area contributed by atoms with Crippen LogP contribution in [0, 0.1) is 0 Å². The van der Waals surface area contributed by atoms with Gasteiger partial charge in [0.1, 0.15) is 0 Å². The Balaban J connectivity index is 1.21. The molecule has 8 aromatic carbocycles. The van der Waals surface area contributed by atoms with Gasteiger partial charge in [-0.05, 0) is 149 Å². The summed E-state index contributed by atoms with van der Waals surface area (Å²) in [6.45, 7) is 31.0. The Morgan fingerprint density at radius 2 is 1.13 bits per heavy atom. The molecule has 0 N–H and O–H groups in total. The maximum absolute atomic E-state index is 2.78. The number of nitrogens with zero attached hydrogens (tertiary/aromatic N) is 2. The second-order valence-corrected chi connectivity index (χ2v) is 26.5. The molecule has 2 aromatic heterocycles. The largest absolute Gasteiger partial charge is 0.376 e. The second-order valence-electron chi connectivity index (χ2n) is 25.4. The van der Waals surface area contributed by atoms with Gasteiger partial charge in [-0.15, -0.1) is 11.3 Å². The predicted octanol–water partition coefficient (Wildman–Crippen LogP) is 16.9. The number of aromatic nitrogens is 1. The monoisotopic (exact) mass is 924 g/mol. The van der Waals surface area contributed by atoms with Crippen LogP contribution < -0.4 is 15.7 Å². The maximum atomic E-state index is 2.78. The molecule has 4 heteroatoms. The fourth-order valence-electron chi connectivity index (χ4n) is 13.6. The topological polar surface area (TPSA) is 8.17 Å². The lowest BCUT2D eigenvalue weighted by atomic mass is 9.43. The fraction of sp³-hybridized carbons (Fsp3) is 0.273. The van der Waals surface area contributed by atoms with Gasteiger partial charge in [0.05, 0.1) is 11.0 Å². The van der Waals surface area contributed by atoms with E-state index in [1.54, 1.807) is 0 Å². The van der Waals surface area contributed by atoms with Gasteiger partial charge >= 0.3 is 6.85 Å². The summed E-state index contributed by atoms with van der Waals surface area (Å²) >= 11 is 1.94. The summed E-state index contributed by atoms with van der Waals surface area (Å²) in [6.07, 6.45) is 0. The van der Waals surface area contributed by atoms with E-state index in [9.17, 15) is 0 Å². The van der Waals surface area contributed by atoms with Gasteiger partial charge in [-0.1, -0.05) is 169 Å². The number of hydrogen-bond acceptors (Lipinski definition) is 2. The molecule has 4 heterocycles. The highest BCUT2D eigenvalue weighted by Crippen LogP contribution is 2.61. The zero-order valence-electron chi connectivity index (χ0n) is 43.1. The molecule has 0 amide bonds. The average molecular weight is 925 g/mol. The van der Waals surface area contributed by atoms with Crippen molar-refractivity contribution in [2.45, 2.75) is 117 Å². The quantitative estimate of drug-likeness (QED) is 0.149. The molecule has 0 fully saturated rings. The van der Waals surface area contributed by atoms with Gasteiger partial charge in [0.25, 0.3) is 0 Å². The molecule has 0 saturated heterocycles. The Hall–Kier alpha value is -6.36. The van der Waals surface area contributed by atoms with E-state index in [0.717, 1.165) is 0 Å². The first kappa shape index (κ1) is 42.5. The highest BCUT2D eigenvalue weighted by molar-refractivity contribution is 7.26. The van der Waals surface area contributed by atoms with Crippen molar-refractivity contribution in [1.29, 1.82) is 0 Å². The molecule has 0 bridgehead atoms. The number of anilines is 2. The van der Waals surface area contributed by atoms with Crippen LogP contribution in [-0.2, 0) is 27.1 Å². The Kier molecular flexibility index (Phi) is 8.10. The molecule has 344 valence electrons. The Labute approximate surface area is 418 Å². The van der Waals surface area contributed by atoms with Gasteiger partial charge < -0.3 is 9.38 Å². The maximum Gasteiger partial charge on any atom is 0.333 e. The average Bonchev–Trinajstić information content (AvgIpc) is 3.99. The van der Waals surface area contributed by atoms with Crippen LogP contribution >= 0.6 is 11.3 Å². The molecule has 70 heavy (non-hydrogen) atoms. The lowest BCUT2D eigenvalue weighted by Gasteiger charge is -2.44. The van der Waals surface area contributed by atoms with Crippen molar-refractivity contribution < 1.29 is 0 Å². The van der Waals surface area contributed by atoms with Crippen molar-refractivity contribution in [2.75, 3.05) is 4.81 Å². The first-order valence-corrected chi connectivity index (χ1v) is 26.4. The Morgan fingerprint density at radius 1 is 0.471 bits per heavy atom. The van der Waals surface area contributed by atoms with Crippen molar-refractivity contribution in [1.82, 2.24) is 4.57 Å². The van der Waals surface area contributed by atoms with E-state index in [2.05, 4.69) is 233 Å². The molecule has 0 radical (unpaired) electrons. The minimum Gasteiger partial charge on any atom is -0.376 e. The van der Waals surface area contributed by atoms with Crippen LogP contribution in [0.3, 0.4) is 0 Å². The highest BCUT2D eigenvalue weighted by Gasteiger charge is 2.51. The smallest absolute Gasteiger partial charge is 0.333 e. The van der Waals surface area contributed by atoms with E-state index >= 15 is 0 Å². The van der Waals surface area contributed by atoms with Crippen molar-refractivity contribution in [3.05, 3.63) is 172 Å². The number of benzene rings is 8. The molecule has 2 aliphatic carbocycles. The lowest BCUT2D eigenvalue weighted by Crippen LogP contribution is -2.61. The summed E-state index contributed by atoms with van der Waals surface area (Å²) in [5.74, 6) is 0. The van der Waals surface area contributed by atoms with Crippen LogP contribution in [0.2, 0.25) is 0 Å². The van der Waals surface area contributed by atoms with Gasteiger partial charge in [0.15, 0.2) is 0 Å². The second kappa shape index (κ2) is 13.3. The zero-order chi connectivity index (χ0) is 48.5. The third-order valence-electron chi connectivity index (χ3n) is 17.4. The van der Waals surface area contributed by atoms with Gasteiger partial charge in [0, 0.05) is 64.4 Å². The molecular formula is C66H61BN2S. The van der Waals surface area contributed by atoms with Crippen LogP contribution in [0.25, 0.3) is 81.0 Å². The molecule has 10 aromatic rings. The van der Waals surface area contributed by atoms with E-state index < -0.39 is 0 Å². The highest BCUT2D eigenvalue weighted by atomic mass is 32.1. The normalized spacial score (nSPS) is 16.0. The first-order valence-electron chi connectivity index (χ1n) is 25.6. The van der Waals surface area contributed by atoms with Gasteiger partial charge in [0.2, 0.25) is 0 Å². The van der Waals surface area contributed by atoms with Crippen molar-refractivity contribution in [2.24, 2.45) is 0 Å². The summed E-state index contributed by atoms with van der Waals surface area (Å²) in [4.78, 5) is 2.78. The van der Waals surface area contributed by atoms with Crippen molar-refractivity contribution in [3.63, 3.8) is 0 Å². The zero-order valence-corrected chi connectivity index (χ0v) is 43.9. The first-order chi connectivity index (χ1) is 33.1. The Bertz CT molecular complexity index is 4000. The summed E-state index contributed by atoms with van der Waals surface area (Å²) in [5.41, 5.74) is 27.0. The molecule has 0 atom stereocenters.